The monoisotopic (exact) mass is 171 g/mol. The van der Waals surface area contributed by atoms with E-state index in [4.69, 9.17) is 0 Å². The molecule has 0 spiro atoms. The minimum absolute atomic E-state index is 0.202. The average Bonchev–Trinajstić information content (AvgIpc) is 2.19. The smallest absolute Gasteiger partial charge is 0.148 e. The van der Waals surface area contributed by atoms with Crippen LogP contribution in [0.2, 0.25) is 0 Å². The first kappa shape index (κ1) is 7.80. The van der Waals surface area contributed by atoms with Crippen LogP contribution in [0.4, 0.5) is 0 Å². The van der Waals surface area contributed by atoms with Gasteiger partial charge < -0.3 is 5.11 Å². The third-order valence-electron chi connectivity index (χ3n) is 2.00. The van der Waals surface area contributed by atoms with Crippen molar-refractivity contribution in [1.29, 1.82) is 0 Å². The summed E-state index contributed by atoms with van der Waals surface area (Å²) in [4.78, 5) is 4.09. The van der Waals surface area contributed by atoms with E-state index in [1.165, 1.54) is 0 Å². The number of aromatic hydroxyl groups is 1. The van der Waals surface area contributed by atoms with Crippen molar-refractivity contribution in [3.05, 3.63) is 42.6 Å². The standard InChI is InChI=1S/C11H9NO/c1-2-8-5-6-9-4-3-7-12-10(9)11(8)13/h2-7,13H,1H2. The molecule has 2 aromatic rings. The van der Waals surface area contributed by atoms with E-state index in [1.807, 2.05) is 24.3 Å². The van der Waals surface area contributed by atoms with Crippen molar-refractivity contribution >= 4 is 17.0 Å². The summed E-state index contributed by atoms with van der Waals surface area (Å²) >= 11 is 0. The molecule has 64 valence electrons. The summed E-state index contributed by atoms with van der Waals surface area (Å²) in [5.74, 6) is 0.202. The maximum atomic E-state index is 9.72. The first-order valence-electron chi connectivity index (χ1n) is 4.02. The molecule has 0 saturated heterocycles. The van der Waals surface area contributed by atoms with Crippen molar-refractivity contribution in [1.82, 2.24) is 4.98 Å². The fourth-order valence-corrected chi connectivity index (χ4v) is 1.31. The van der Waals surface area contributed by atoms with Gasteiger partial charge in [0.2, 0.25) is 0 Å². The lowest BCUT2D eigenvalue weighted by Crippen LogP contribution is -1.81. The van der Waals surface area contributed by atoms with E-state index in [0.29, 0.717) is 11.1 Å². The van der Waals surface area contributed by atoms with E-state index < -0.39 is 0 Å². The molecule has 2 rings (SSSR count). The molecule has 1 heterocycles. The number of nitrogens with zero attached hydrogens (tertiary/aromatic N) is 1. The molecule has 0 aliphatic carbocycles. The Balaban J connectivity index is 2.86. The lowest BCUT2D eigenvalue weighted by atomic mass is 10.1. The van der Waals surface area contributed by atoms with Gasteiger partial charge in [-0.25, -0.2) is 0 Å². The molecule has 13 heavy (non-hydrogen) atoms. The molecule has 0 fully saturated rings. The van der Waals surface area contributed by atoms with Crippen molar-refractivity contribution in [2.24, 2.45) is 0 Å². The van der Waals surface area contributed by atoms with E-state index in [-0.39, 0.29) is 5.75 Å². The second kappa shape index (κ2) is 2.90. The van der Waals surface area contributed by atoms with E-state index >= 15 is 0 Å². The highest BCUT2D eigenvalue weighted by atomic mass is 16.3. The van der Waals surface area contributed by atoms with Crippen LogP contribution in [-0.4, -0.2) is 10.1 Å². The minimum Gasteiger partial charge on any atom is -0.505 e. The number of pyridine rings is 1. The zero-order valence-corrected chi connectivity index (χ0v) is 7.07. The topological polar surface area (TPSA) is 33.1 Å². The predicted octanol–water partition coefficient (Wildman–Crippen LogP) is 2.58. The highest BCUT2D eigenvalue weighted by Crippen LogP contribution is 2.26. The van der Waals surface area contributed by atoms with Gasteiger partial charge in [0.1, 0.15) is 11.3 Å². The summed E-state index contributed by atoms with van der Waals surface area (Å²) in [6, 6.07) is 7.50. The molecular weight excluding hydrogens is 162 g/mol. The van der Waals surface area contributed by atoms with Gasteiger partial charge in [-0.1, -0.05) is 30.9 Å². The lowest BCUT2D eigenvalue weighted by Gasteiger charge is -2.02. The first-order chi connectivity index (χ1) is 6.33. The fraction of sp³-hybridized carbons (Fsp3) is 0. The van der Waals surface area contributed by atoms with Crippen molar-refractivity contribution in [2.75, 3.05) is 0 Å². The summed E-state index contributed by atoms with van der Waals surface area (Å²) in [7, 11) is 0. The number of rotatable bonds is 1. The number of benzene rings is 1. The van der Waals surface area contributed by atoms with E-state index in [0.717, 1.165) is 5.39 Å². The Morgan fingerprint density at radius 1 is 1.31 bits per heavy atom. The van der Waals surface area contributed by atoms with Crippen LogP contribution in [-0.2, 0) is 0 Å². The van der Waals surface area contributed by atoms with Crippen molar-refractivity contribution < 1.29 is 5.11 Å². The maximum Gasteiger partial charge on any atom is 0.148 e. The second-order valence-corrected chi connectivity index (χ2v) is 2.78. The molecule has 0 atom stereocenters. The summed E-state index contributed by atoms with van der Waals surface area (Å²) in [5.41, 5.74) is 1.34. The van der Waals surface area contributed by atoms with Crippen LogP contribution in [0.5, 0.6) is 5.75 Å². The molecule has 0 saturated carbocycles. The maximum absolute atomic E-state index is 9.72. The van der Waals surface area contributed by atoms with Crippen molar-refractivity contribution in [3.8, 4) is 5.75 Å². The Labute approximate surface area is 76.2 Å². The number of phenolic OH excluding ortho intramolecular Hbond substituents is 1. The Kier molecular flexibility index (Phi) is 1.74. The average molecular weight is 171 g/mol. The van der Waals surface area contributed by atoms with Gasteiger partial charge in [-0.2, -0.15) is 0 Å². The molecule has 0 amide bonds. The van der Waals surface area contributed by atoms with Crippen LogP contribution < -0.4 is 0 Å². The highest BCUT2D eigenvalue weighted by molar-refractivity contribution is 5.87. The summed E-state index contributed by atoms with van der Waals surface area (Å²) in [6.07, 6.45) is 3.28. The number of fused-ring (bicyclic) bond motifs is 1. The minimum atomic E-state index is 0.202. The zero-order chi connectivity index (χ0) is 9.26. The van der Waals surface area contributed by atoms with Gasteiger partial charge in [0.05, 0.1) is 0 Å². The number of aromatic nitrogens is 1. The van der Waals surface area contributed by atoms with Gasteiger partial charge in [0.15, 0.2) is 0 Å². The Morgan fingerprint density at radius 3 is 2.92 bits per heavy atom. The van der Waals surface area contributed by atoms with Crippen molar-refractivity contribution in [3.63, 3.8) is 0 Å². The third-order valence-corrected chi connectivity index (χ3v) is 2.00. The van der Waals surface area contributed by atoms with Crippen molar-refractivity contribution in [2.45, 2.75) is 0 Å². The summed E-state index contributed by atoms with van der Waals surface area (Å²) < 4.78 is 0. The number of hydrogen-bond donors (Lipinski definition) is 1. The van der Waals surface area contributed by atoms with Crippen LogP contribution in [0.3, 0.4) is 0 Å². The van der Waals surface area contributed by atoms with Gasteiger partial charge >= 0.3 is 0 Å². The third kappa shape index (κ3) is 1.16. The first-order valence-corrected chi connectivity index (χ1v) is 4.02. The Hall–Kier alpha value is -1.83. The molecule has 0 radical (unpaired) electrons. The highest BCUT2D eigenvalue weighted by Gasteiger charge is 2.03. The van der Waals surface area contributed by atoms with Gasteiger partial charge in [0.25, 0.3) is 0 Å². The van der Waals surface area contributed by atoms with Crippen LogP contribution in [0.1, 0.15) is 5.56 Å². The molecule has 2 nitrogen and oxygen atoms in total. The van der Waals surface area contributed by atoms with Crippen LogP contribution in [0.15, 0.2) is 37.0 Å². The second-order valence-electron chi connectivity index (χ2n) is 2.78. The quantitative estimate of drug-likeness (QED) is 0.715. The predicted molar refractivity (Wildman–Crippen MR) is 53.5 cm³/mol. The molecule has 2 heteroatoms. The molecule has 0 aliphatic heterocycles. The molecule has 1 aromatic heterocycles. The molecule has 0 aliphatic rings. The van der Waals surface area contributed by atoms with Crippen LogP contribution in [0.25, 0.3) is 17.0 Å². The molecule has 0 bridgehead atoms. The fourth-order valence-electron chi connectivity index (χ4n) is 1.31. The number of hydrogen-bond acceptors (Lipinski definition) is 2. The zero-order valence-electron chi connectivity index (χ0n) is 7.07. The largest absolute Gasteiger partial charge is 0.505 e. The SMILES string of the molecule is C=Cc1ccc2cccnc2c1O. The number of phenols is 1. The van der Waals surface area contributed by atoms with Gasteiger partial charge in [-0.3, -0.25) is 4.98 Å². The molecule has 0 unspecified atom stereocenters. The Bertz CT molecular complexity index is 463. The van der Waals surface area contributed by atoms with E-state index in [2.05, 4.69) is 11.6 Å². The van der Waals surface area contributed by atoms with Gasteiger partial charge in [0, 0.05) is 17.1 Å². The van der Waals surface area contributed by atoms with Crippen LogP contribution in [0, 0.1) is 0 Å². The van der Waals surface area contributed by atoms with Crippen LogP contribution >= 0.6 is 0 Å². The molecule has 1 aromatic carbocycles. The van der Waals surface area contributed by atoms with Gasteiger partial charge in [-0.05, 0) is 6.07 Å². The van der Waals surface area contributed by atoms with E-state index in [9.17, 15) is 5.11 Å². The summed E-state index contributed by atoms with van der Waals surface area (Å²) in [5, 5.41) is 10.7. The lowest BCUT2D eigenvalue weighted by molar-refractivity contribution is 0.479. The Morgan fingerprint density at radius 2 is 2.15 bits per heavy atom. The molecular formula is C11H9NO. The summed E-state index contributed by atoms with van der Waals surface area (Å²) in [6.45, 7) is 3.61. The normalized spacial score (nSPS) is 10.2. The molecule has 1 N–H and O–H groups in total. The van der Waals surface area contributed by atoms with E-state index in [1.54, 1.807) is 12.3 Å². The van der Waals surface area contributed by atoms with Gasteiger partial charge in [-0.15, -0.1) is 0 Å².